The van der Waals surface area contributed by atoms with E-state index in [0.717, 1.165) is 21.9 Å². The topological polar surface area (TPSA) is 38.7 Å². The lowest BCUT2D eigenvalue weighted by molar-refractivity contribution is 0.0606. The van der Waals surface area contributed by atoms with E-state index >= 15 is 0 Å². The Bertz CT molecular complexity index is 692. The fourth-order valence-corrected chi connectivity index (χ4v) is 4.49. The van der Waals surface area contributed by atoms with E-state index in [1.165, 1.54) is 24.0 Å². The summed E-state index contributed by atoms with van der Waals surface area (Å²) in [5.41, 5.74) is 3.42. The molecule has 1 aromatic carbocycles. The van der Waals surface area contributed by atoms with Crippen LogP contribution in [0.5, 0.6) is 0 Å². The van der Waals surface area contributed by atoms with Gasteiger partial charge in [0.1, 0.15) is 10.3 Å². The Morgan fingerprint density at radius 3 is 2.81 bits per heavy atom. The maximum Gasteiger partial charge on any atom is 0.348 e. The van der Waals surface area contributed by atoms with Gasteiger partial charge < -0.3 is 4.74 Å². The zero-order valence-corrected chi connectivity index (χ0v) is 13.5. The summed E-state index contributed by atoms with van der Waals surface area (Å²) in [5.74, 6) is 0.627. The number of thiophene rings is 1. The molecule has 5 heteroatoms. The summed E-state index contributed by atoms with van der Waals surface area (Å²) in [6.07, 6.45) is 0. The number of aryl methyl sites for hydroxylation is 1. The quantitative estimate of drug-likeness (QED) is 0.801. The highest BCUT2D eigenvalue weighted by Crippen LogP contribution is 2.40. The van der Waals surface area contributed by atoms with Crippen LogP contribution in [0.1, 0.15) is 31.0 Å². The third-order valence-corrected chi connectivity index (χ3v) is 5.53. The van der Waals surface area contributed by atoms with E-state index in [-0.39, 0.29) is 11.3 Å². The van der Waals surface area contributed by atoms with Gasteiger partial charge in [-0.05, 0) is 18.6 Å². The monoisotopic (exact) mass is 317 g/mol. The molecule has 3 rings (SSSR count). The molecular weight excluding hydrogens is 302 g/mol. The first kappa shape index (κ1) is 14.4. The maximum atomic E-state index is 11.6. The Morgan fingerprint density at radius 1 is 1.33 bits per heavy atom. The largest absolute Gasteiger partial charge is 0.465 e. The molecule has 1 atom stereocenters. The third-order valence-electron chi connectivity index (χ3n) is 3.37. The molecule has 0 spiro atoms. The van der Waals surface area contributed by atoms with Crippen molar-refractivity contribution in [2.24, 2.45) is 4.99 Å². The number of hydrogen-bond acceptors (Lipinski definition) is 5. The minimum Gasteiger partial charge on any atom is -0.465 e. The highest BCUT2D eigenvalue weighted by molar-refractivity contribution is 8.00. The zero-order chi connectivity index (χ0) is 14.8. The Balaban J connectivity index is 1.87. The van der Waals surface area contributed by atoms with Gasteiger partial charge >= 0.3 is 5.97 Å². The predicted octanol–water partition coefficient (Wildman–Crippen LogP) is 4.08. The molecule has 1 unspecified atom stereocenters. The van der Waals surface area contributed by atoms with Crippen LogP contribution >= 0.6 is 23.1 Å². The lowest BCUT2D eigenvalue weighted by Crippen LogP contribution is -1.98. The first-order valence-electron chi connectivity index (χ1n) is 6.61. The van der Waals surface area contributed by atoms with E-state index in [9.17, 15) is 4.79 Å². The van der Waals surface area contributed by atoms with Crippen LogP contribution in [0.3, 0.4) is 0 Å². The van der Waals surface area contributed by atoms with Crippen LogP contribution < -0.4 is 0 Å². The van der Waals surface area contributed by atoms with Gasteiger partial charge in [-0.2, -0.15) is 0 Å². The van der Waals surface area contributed by atoms with E-state index < -0.39 is 0 Å². The minimum atomic E-state index is -0.274. The van der Waals surface area contributed by atoms with Gasteiger partial charge in [0.25, 0.3) is 0 Å². The molecule has 21 heavy (non-hydrogen) atoms. The summed E-state index contributed by atoms with van der Waals surface area (Å²) in [5, 5.41) is 0.0786. The third kappa shape index (κ3) is 2.89. The maximum absolute atomic E-state index is 11.6. The van der Waals surface area contributed by atoms with Crippen LogP contribution in [-0.4, -0.2) is 24.5 Å². The summed E-state index contributed by atoms with van der Waals surface area (Å²) < 4.78 is 4.79. The van der Waals surface area contributed by atoms with Crippen molar-refractivity contribution < 1.29 is 9.53 Å². The molecule has 0 radical (unpaired) electrons. The molecule has 2 heterocycles. The van der Waals surface area contributed by atoms with Crippen molar-refractivity contribution in [3.63, 3.8) is 0 Å². The number of nitrogens with zero attached hydrogens (tertiary/aromatic N) is 1. The number of carbonyl (C=O) groups is 1. The molecule has 0 fully saturated rings. The molecule has 1 aromatic heterocycles. The summed E-state index contributed by atoms with van der Waals surface area (Å²) in [6.45, 7) is 2.03. The van der Waals surface area contributed by atoms with E-state index in [4.69, 9.17) is 9.73 Å². The van der Waals surface area contributed by atoms with Crippen LogP contribution in [0.2, 0.25) is 0 Å². The fourth-order valence-electron chi connectivity index (χ4n) is 2.26. The van der Waals surface area contributed by atoms with Gasteiger partial charge in [-0.1, -0.05) is 30.3 Å². The number of carbonyl (C=O) groups excluding carboxylic acids is 1. The van der Waals surface area contributed by atoms with Crippen molar-refractivity contribution in [2.45, 2.75) is 12.3 Å². The van der Waals surface area contributed by atoms with E-state index in [0.29, 0.717) is 4.88 Å². The Kier molecular flexibility index (Phi) is 4.12. The highest BCUT2D eigenvalue weighted by atomic mass is 32.2. The number of methoxy groups -OCH3 is 1. The standard InChI is InChI=1S/C16H15NO2S2/c1-10-12(8-14(21-10)16(18)19-2)15-17-13(9-20-15)11-6-4-3-5-7-11/h3-8,15H,9H2,1-2H3. The SMILES string of the molecule is COC(=O)c1cc(C2N=C(c3ccccc3)CS2)c(C)s1. The van der Waals surface area contributed by atoms with Gasteiger partial charge in [0.2, 0.25) is 0 Å². The number of thioether (sulfide) groups is 1. The molecule has 0 saturated carbocycles. The second-order valence-corrected chi connectivity index (χ2v) is 7.04. The van der Waals surface area contributed by atoms with E-state index in [2.05, 4.69) is 12.1 Å². The predicted molar refractivity (Wildman–Crippen MR) is 88.6 cm³/mol. The van der Waals surface area contributed by atoms with Crippen molar-refractivity contribution in [3.8, 4) is 0 Å². The summed E-state index contributed by atoms with van der Waals surface area (Å²) in [6, 6.07) is 12.2. The van der Waals surface area contributed by atoms with Gasteiger partial charge in [0, 0.05) is 16.2 Å². The number of hydrogen-bond donors (Lipinski definition) is 0. The van der Waals surface area contributed by atoms with Crippen molar-refractivity contribution in [2.75, 3.05) is 12.9 Å². The Hall–Kier alpha value is -1.59. The lowest BCUT2D eigenvalue weighted by atomic mass is 10.1. The van der Waals surface area contributed by atoms with Crippen molar-refractivity contribution in [3.05, 3.63) is 57.3 Å². The van der Waals surface area contributed by atoms with Gasteiger partial charge in [-0.15, -0.1) is 23.1 Å². The number of esters is 1. The Morgan fingerprint density at radius 2 is 2.10 bits per heavy atom. The molecule has 2 aromatic rings. The number of ether oxygens (including phenoxy) is 1. The van der Waals surface area contributed by atoms with Crippen molar-refractivity contribution in [1.82, 2.24) is 0 Å². The van der Waals surface area contributed by atoms with Crippen LogP contribution in [0.4, 0.5) is 0 Å². The molecule has 0 aliphatic carbocycles. The van der Waals surface area contributed by atoms with E-state index in [1.54, 1.807) is 11.8 Å². The molecule has 1 aliphatic rings. The number of benzene rings is 1. The normalized spacial score (nSPS) is 17.6. The zero-order valence-electron chi connectivity index (χ0n) is 11.8. The average molecular weight is 317 g/mol. The number of aliphatic imine (C=N–C) groups is 1. The van der Waals surface area contributed by atoms with Crippen LogP contribution in [0.25, 0.3) is 0 Å². The molecule has 0 amide bonds. The van der Waals surface area contributed by atoms with Crippen molar-refractivity contribution >= 4 is 34.8 Å². The molecule has 0 N–H and O–H groups in total. The Labute approximate surface area is 132 Å². The second-order valence-electron chi connectivity index (χ2n) is 4.72. The molecule has 0 saturated heterocycles. The van der Waals surface area contributed by atoms with Crippen LogP contribution in [0.15, 0.2) is 41.4 Å². The highest BCUT2D eigenvalue weighted by Gasteiger charge is 2.25. The summed E-state index contributed by atoms with van der Waals surface area (Å²) in [4.78, 5) is 18.2. The van der Waals surface area contributed by atoms with Gasteiger partial charge in [0.05, 0.1) is 12.8 Å². The first-order valence-corrected chi connectivity index (χ1v) is 8.48. The van der Waals surface area contributed by atoms with Crippen LogP contribution in [0, 0.1) is 6.92 Å². The van der Waals surface area contributed by atoms with Crippen LogP contribution in [-0.2, 0) is 4.74 Å². The van der Waals surface area contributed by atoms with Gasteiger partial charge in [-0.25, -0.2) is 4.79 Å². The summed E-state index contributed by atoms with van der Waals surface area (Å²) in [7, 11) is 1.41. The average Bonchev–Trinajstić information content (AvgIpc) is 3.14. The molecule has 0 bridgehead atoms. The smallest absolute Gasteiger partial charge is 0.348 e. The molecule has 3 nitrogen and oxygen atoms in total. The number of rotatable bonds is 3. The van der Waals surface area contributed by atoms with Gasteiger partial charge in [-0.3, -0.25) is 4.99 Å². The summed E-state index contributed by atoms with van der Waals surface area (Å²) >= 11 is 3.27. The van der Waals surface area contributed by atoms with E-state index in [1.807, 2.05) is 31.2 Å². The second kappa shape index (κ2) is 6.03. The molecular formula is C16H15NO2S2. The fraction of sp³-hybridized carbons (Fsp3) is 0.250. The molecule has 1 aliphatic heterocycles. The van der Waals surface area contributed by atoms with Crippen molar-refractivity contribution in [1.29, 1.82) is 0 Å². The molecule has 108 valence electrons. The minimum absolute atomic E-state index is 0.0786. The lowest BCUT2D eigenvalue weighted by Gasteiger charge is -2.04. The van der Waals surface area contributed by atoms with Gasteiger partial charge in [0.15, 0.2) is 0 Å². The first-order chi connectivity index (χ1) is 10.2.